The summed E-state index contributed by atoms with van der Waals surface area (Å²) < 4.78 is 5.58. The Morgan fingerprint density at radius 1 is 1.19 bits per heavy atom. The fraction of sp³-hybridized carbons (Fsp3) is 0.143. The summed E-state index contributed by atoms with van der Waals surface area (Å²) in [7, 11) is 0. The van der Waals surface area contributed by atoms with Crippen molar-refractivity contribution in [1.29, 1.82) is 0 Å². The Morgan fingerprint density at radius 2 is 1.90 bits per heavy atom. The molecular formula is C14H15N3O4. The molecular weight excluding hydrogens is 274 g/mol. The molecule has 7 heteroatoms. The van der Waals surface area contributed by atoms with Crippen molar-refractivity contribution in [3.05, 3.63) is 58.1 Å². The van der Waals surface area contributed by atoms with Crippen LogP contribution in [-0.2, 0) is 6.42 Å². The Bertz CT molecular complexity index is 629. The van der Waals surface area contributed by atoms with Crippen molar-refractivity contribution in [2.45, 2.75) is 6.42 Å². The standard InChI is InChI=1S/C14H15N3O4/c15-16-11-7-12(17(19)20)9-14(8-11)21-13-3-1-10(2-4-13)5-6-18/h1-4,7-9,16,18H,5-6,15H2. The predicted octanol–water partition coefficient (Wildman–Crippen LogP) is 2.21. The minimum absolute atomic E-state index is 0.0800. The lowest BCUT2D eigenvalue weighted by Crippen LogP contribution is -2.07. The van der Waals surface area contributed by atoms with Crippen LogP contribution in [-0.4, -0.2) is 16.6 Å². The highest BCUT2D eigenvalue weighted by Crippen LogP contribution is 2.29. The SMILES string of the molecule is NNc1cc(Oc2ccc(CCO)cc2)cc([N+](=O)[O-])c1. The van der Waals surface area contributed by atoms with Crippen molar-refractivity contribution in [1.82, 2.24) is 0 Å². The van der Waals surface area contributed by atoms with E-state index in [4.69, 9.17) is 15.7 Å². The smallest absolute Gasteiger partial charge is 0.275 e. The molecule has 0 bridgehead atoms. The quantitative estimate of drug-likeness (QED) is 0.427. The number of nitro benzene ring substituents is 1. The molecule has 0 saturated heterocycles. The van der Waals surface area contributed by atoms with Crippen LogP contribution in [0.25, 0.3) is 0 Å². The first kappa shape index (κ1) is 14.8. The van der Waals surface area contributed by atoms with Crippen LogP contribution in [0.1, 0.15) is 5.56 Å². The number of aliphatic hydroxyl groups is 1. The molecule has 0 heterocycles. The van der Waals surface area contributed by atoms with Crippen LogP contribution in [0.3, 0.4) is 0 Å². The second-order valence-electron chi connectivity index (χ2n) is 4.34. The molecule has 21 heavy (non-hydrogen) atoms. The normalized spacial score (nSPS) is 10.2. The van der Waals surface area contributed by atoms with Crippen LogP contribution in [0.2, 0.25) is 0 Å². The average Bonchev–Trinajstić information content (AvgIpc) is 2.49. The Labute approximate surface area is 121 Å². The van der Waals surface area contributed by atoms with E-state index in [9.17, 15) is 10.1 Å². The molecule has 0 saturated carbocycles. The number of hydrazine groups is 1. The number of non-ortho nitro benzene ring substituents is 1. The lowest BCUT2D eigenvalue weighted by molar-refractivity contribution is -0.384. The molecule has 0 unspecified atom stereocenters. The number of nitro groups is 1. The number of nitrogen functional groups attached to an aromatic ring is 1. The van der Waals surface area contributed by atoms with Gasteiger partial charge in [-0.1, -0.05) is 12.1 Å². The molecule has 0 aliphatic heterocycles. The first-order chi connectivity index (χ1) is 10.1. The van der Waals surface area contributed by atoms with Crippen molar-refractivity contribution in [2.24, 2.45) is 5.84 Å². The highest BCUT2D eigenvalue weighted by Gasteiger charge is 2.11. The third-order valence-corrected chi connectivity index (χ3v) is 2.83. The summed E-state index contributed by atoms with van der Waals surface area (Å²) in [5.74, 6) is 6.14. The van der Waals surface area contributed by atoms with E-state index in [1.54, 1.807) is 18.2 Å². The molecule has 2 aromatic carbocycles. The van der Waals surface area contributed by atoms with Gasteiger partial charge >= 0.3 is 0 Å². The third kappa shape index (κ3) is 3.91. The van der Waals surface area contributed by atoms with Gasteiger partial charge in [-0.25, -0.2) is 0 Å². The molecule has 7 nitrogen and oxygen atoms in total. The number of ether oxygens (including phenoxy) is 1. The summed E-state index contributed by atoms with van der Waals surface area (Å²) in [4.78, 5) is 10.3. The van der Waals surface area contributed by atoms with Gasteiger partial charge in [0.25, 0.3) is 5.69 Å². The monoisotopic (exact) mass is 289 g/mol. The van der Waals surface area contributed by atoms with Crippen LogP contribution in [0, 0.1) is 10.1 Å². The maximum atomic E-state index is 10.8. The van der Waals surface area contributed by atoms with Crippen molar-refractivity contribution in [2.75, 3.05) is 12.0 Å². The van der Waals surface area contributed by atoms with Gasteiger partial charge in [0.1, 0.15) is 11.5 Å². The van der Waals surface area contributed by atoms with E-state index in [0.717, 1.165) is 5.56 Å². The molecule has 0 amide bonds. The molecule has 0 fully saturated rings. The number of nitrogens with zero attached hydrogens (tertiary/aromatic N) is 1. The molecule has 2 aromatic rings. The van der Waals surface area contributed by atoms with Crippen molar-refractivity contribution < 1.29 is 14.8 Å². The van der Waals surface area contributed by atoms with Gasteiger partial charge in [-0.3, -0.25) is 16.0 Å². The number of benzene rings is 2. The van der Waals surface area contributed by atoms with E-state index in [0.29, 0.717) is 23.6 Å². The summed E-state index contributed by atoms with van der Waals surface area (Å²) in [6.07, 6.45) is 0.568. The zero-order chi connectivity index (χ0) is 15.2. The van der Waals surface area contributed by atoms with Crippen LogP contribution >= 0.6 is 0 Å². The average molecular weight is 289 g/mol. The number of nitrogens with one attached hydrogen (secondary N) is 1. The van der Waals surface area contributed by atoms with Gasteiger partial charge in [-0.15, -0.1) is 0 Å². The second kappa shape index (κ2) is 6.69. The number of hydrogen-bond donors (Lipinski definition) is 3. The first-order valence-corrected chi connectivity index (χ1v) is 6.26. The molecule has 2 rings (SSSR count). The summed E-state index contributed by atoms with van der Waals surface area (Å²) in [5, 5.41) is 19.7. The zero-order valence-electron chi connectivity index (χ0n) is 11.2. The topological polar surface area (TPSA) is 111 Å². The first-order valence-electron chi connectivity index (χ1n) is 6.26. The van der Waals surface area contributed by atoms with Crippen LogP contribution in [0.4, 0.5) is 11.4 Å². The third-order valence-electron chi connectivity index (χ3n) is 2.83. The van der Waals surface area contributed by atoms with E-state index in [2.05, 4.69) is 5.43 Å². The molecule has 0 aliphatic carbocycles. The molecule has 0 atom stereocenters. The maximum absolute atomic E-state index is 10.8. The van der Waals surface area contributed by atoms with E-state index in [1.165, 1.54) is 12.1 Å². The number of anilines is 1. The number of aliphatic hydroxyl groups excluding tert-OH is 1. The van der Waals surface area contributed by atoms with E-state index >= 15 is 0 Å². The molecule has 0 radical (unpaired) electrons. The number of nitrogens with two attached hydrogens (primary N) is 1. The molecule has 110 valence electrons. The fourth-order valence-corrected chi connectivity index (χ4v) is 1.82. The zero-order valence-corrected chi connectivity index (χ0v) is 11.2. The van der Waals surface area contributed by atoms with Crippen LogP contribution < -0.4 is 16.0 Å². The van der Waals surface area contributed by atoms with Crippen molar-refractivity contribution >= 4 is 11.4 Å². The van der Waals surface area contributed by atoms with E-state index in [-0.39, 0.29) is 12.3 Å². The number of hydrogen-bond acceptors (Lipinski definition) is 6. The van der Waals surface area contributed by atoms with Gasteiger partial charge in [0.2, 0.25) is 0 Å². The highest BCUT2D eigenvalue weighted by atomic mass is 16.6. The maximum Gasteiger partial charge on any atom is 0.275 e. The molecule has 0 aromatic heterocycles. The summed E-state index contributed by atoms with van der Waals surface area (Å²) >= 11 is 0. The van der Waals surface area contributed by atoms with E-state index in [1.807, 2.05) is 12.1 Å². The van der Waals surface area contributed by atoms with Gasteiger partial charge in [-0.2, -0.15) is 0 Å². The lowest BCUT2D eigenvalue weighted by atomic mass is 10.1. The summed E-state index contributed by atoms with van der Waals surface area (Å²) in [5.41, 5.74) is 3.61. The Hall–Kier alpha value is -2.64. The van der Waals surface area contributed by atoms with Gasteiger partial charge < -0.3 is 15.3 Å². The molecule has 4 N–H and O–H groups in total. The van der Waals surface area contributed by atoms with Crippen LogP contribution in [0.15, 0.2) is 42.5 Å². The molecule has 0 aliphatic rings. The second-order valence-corrected chi connectivity index (χ2v) is 4.34. The van der Waals surface area contributed by atoms with Crippen LogP contribution in [0.5, 0.6) is 11.5 Å². The Kier molecular flexibility index (Phi) is 4.70. The lowest BCUT2D eigenvalue weighted by Gasteiger charge is -2.08. The van der Waals surface area contributed by atoms with Gasteiger partial charge in [-0.05, 0) is 24.1 Å². The summed E-state index contributed by atoms with van der Waals surface area (Å²) in [6, 6.07) is 11.3. The highest BCUT2D eigenvalue weighted by molar-refractivity contribution is 5.56. The fourth-order valence-electron chi connectivity index (χ4n) is 1.82. The van der Waals surface area contributed by atoms with Gasteiger partial charge in [0.15, 0.2) is 0 Å². The van der Waals surface area contributed by atoms with Crippen molar-refractivity contribution in [3.8, 4) is 11.5 Å². The largest absolute Gasteiger partial charge is 0.457 e. The minimum Gasteiger partial charge on any atom is -0.457 e. The van der Waals surface area contributed by atoms with Gasteiger partial charge in [0, 0.05) is 18.7 Å². The van der Waals surface area contributed by atoms with E-state index < -0.39 is 4.92 Å². The predicted molar refractivity (Wildman–Crippen MR) is 78.2 cm³/mol. The Morgan fingerprint density at radius 3 is 2.48 bits per heavy atom. The minimum atomic E-state index is -0.516. The summed E-state index contributed by atoms with van der Waals surface area (Å²) in [6.45, 7) is 0.0800. The van der Waals surface area contributed by atoms with Gasteiger partial charge in [0.05, 0.1) is 16.7 Å². The Balaban J connectivity index is 2.21. The molecule has 0 spiro atoms. The number of rotatable bonds is 6. The van der Waals surface area contributed by atoms with Crippen molar-refractivity contribution in [3.63, 3.8) is 0 Å².